The van der Waals surface area contributed by atoms with E-state index in [0.29, 0.717) is 19.8 Å². The molecular formula is C10H19F3N2O. The molecule has 0 aromatic rings. The minimum atomic E-state index is -4.07. The molecule has 0 aromatic carbocycles. The summed E-state index contributed by atoms with van der Waals surface area (Å²) in [5.74, 6) is 0.281. The summed E-state index contributed by atoms with van der Waals surface area (Å²) < 4.78 is 41.3. The van der Waals surface area contributed by atoms with Gasteiger partial charge < -0.3 is 15.0 Å². The van der Waals surface area contributed by atoms with Gasteiger partial charge in [-0.05, 0) is 14.1 Å². The lowest BCUT2D eigenvalue weighted by Crippen LogP contribution is -2.39. The number of hydrogen-bond donors (Lipinski definition) is 1. The molecule has 2 atom stereocenters. The molecule has 1 aliphatic heterocycles. The van der Waals surface area contributed by atoms with Crippen LogP contribution in [0, 0.1) is 5.92 Å². The zero-order chi connectivity index (χ0) is 12.2. The molecule has 0 aromatic heterocycles. The second-order valence-corrected chi connectivity index (χ2v) is 4.32. The van der Waals surface area contributed by atoms with Gasteiger partial charge in [0.15, 0.2) is 0 Å². The minimum absolute atomic E-state index is 0.0520. The molecule has 0 aliphatic carbocycles. The Bertz CT molecular complexity index is 211. The number of ether oxygens (including phenoxy) is 1. The molecule has 0 radical (unpaired) electrons. The van der Waals surface area contributed by atoms with Crippen molar-refractivity contribution in [3.63, 3.8) is 0 Å². The number of rotatable bonds is 5. The Morgan fingerprint density at radius 1 is 1.38 bits per heavy atom. The molecule has 0 bridgehead atoms. The van der Waals surface area contributed by atoms with Crippen LogP contribution in [0.3, 0.4) is 0 Å². The quantitative estimate of drug-likeness (QED) is 0.779. The average Bonchev–Trinajstić information content (AvgIpc) is 2.61. The molecule has 2 unspecified atom stereocenters. The molecular weight excluding hydrogens is 221 g/mol. The monoisotopic (exact) mass is 240 g/mol. The molecule has 1 fully saturated rings. The van der Waals surface area contributed by atoms with Crippen LogP contribution in [0.15, 0.2) is 0 Å². The molecule has 1 saturated heterocycles. The van der Waals surface area contributed by atoms with E-state index in [0.717, 1.165) is 0 Å². The Morgan fingerprint density at radius 3 is 2.62 bits per heavy atom. The van der Waals surface area contributed by atoms with Crippen molar-refractivity contribution < 1.29 is 17.9 Å². The van der Waals surface area contributed by atoms with Gasteiger partial charge in [0.05, 0.1) is 19.6 Å². The van der Waals surface area contributed by atoms with E-state index in [1.54, 1.807) is 11.9 Å². The number of alkyl halides is 3. The van der Waals surface area contributed by atoms with Gasteiger partial charge in [-0.25, -0.2) is 0 Å². The van der Waals surface area contributed by atoms with Crippen LogP contribution < -0.4 is 5.32 Å². The normalized spacial score (nSPS) is 26.6. The van der Waals surface area contributed by atoms with Crippen molar-refractivity contribution in [2.45, 2.75) is 18.6 Å². The molecule has 1 rings (SSSR count). The third kappa shape index (κ3) is 4.67. The maximum Gasteiger partial charge on any atom is 0.390 e. The van der Waals surface area contributed by atoms with E-state index in [2.05, 4.69) is 5.32 Å². The Morgan fingerprint density at radius 2 is 2.06 bits per heavy atom. The number of likely N-dealkylation sites (N-methyl/N-ethyl adjacent to an activating group) is 1. The summed E-state index contributed by atoms with van der Waals surface area (Å²) in [5, 5.41) is 3.12. The number of hydrogen-bond acceptors (Lipinski definition) is 3. The first-order valence-corrected chi connectivity index (χ1v) is 5.42. The molecule has 96 valence electrons. The summed E-state index contributed by atoms with van der Waals surface area (Å²) in [5.41, 5.74) is 0. The predicted molar refractivity (Wildman–Crippen MR) is 55.3 cm³/mol. The lowest BCUT2D eigenvalue weighted by atomic mass is 10.0. The summed E-state index contributed by atoms with van der Waals surface area (Å²) >= 11 is 0. The Labute approximate surface area is 93.9 Å². The summed E-state index contributed by atoms with van der Waals surface area (Å²) in [4.78, 5) is 1.72. The second kappa shape index (κ2) is 5.84. The van der Waals surface area contributed by atoms with Crippen molar-refractivity contribution in [2.75, 3.05) is 40.4 Å². The van der Waals surface area contributed by atoms with Gasteiger partial charge in [-0.2, -0.15) is 13.2 Å². The topological polar surface area (TPSA) is 24.5 Å². The first kappa shape index (κ1) is 13.7. The first-order chi connectivity index (χ1) is 7.42. The van der Waals surface area contributed by atoms with Crippen LogP contribution in [0.4, 0.5) is 13.2 Å². The molecule has 0 spiro atoms. The third-order valence-corrected chi connectivity index (χ3v) is 2.89. The number of halogens is 3. The van der Waals surface area contributed by atoms with Crippen molar-refractivity contribution in [2.24, 2.45) is 5.92 Å². The van der Waals surface area contributed by atoms with Crippen molar-refractivity contribution in [1.29, 1.82) is 0 Å². The molecule has 0 amide bonds. The zero-order valence-electron chi connectivity index (χ0n) is 9.68. The highest BCUT2D eigenvalue weighted by atomic mass is 19.4. The van der Waals surface area contributed by atoms with Crippen molar-refractivity contribution in [3.8, 4) is 0 Å². The van der Waals surface area contributed by atoms with Gasteiger partial charge >= 0.3 is 6.18 Å². The molecule has 0 saturated carbocycles. The molecule has 1 heterocycles. The lowest BCUT2D eigenvalue weighted by Gasteiger charge is -2.24. The van der Waals surface area contributed by atoms with Crippen LogP contribution in [-0.2, 0) is 4.74 Å². The predicted octanol–water partition coefficient (Wildman–Crippen LogP) is 1.10. The summed E-state index contributed by atoms with van der Waals surface area (Å²) in [6.07, 6.45) is -4.82. The van der Waals surface area contributed by atoms with Crippen molar-refractivity contribution in [1.82, 2.24) is 10.2 Å². The minimum Gasteiger partial charge on any atom is -0.379 e. The van der Waals surface area contributed by atoms with E-state index in [4.69, 9.17) is 4.74 Å². The first-order valence-electron chi connectivity index (χ1n) is 5.42. The van der Waals surface area contributed by atoms with Crippen LogP contribution in [0.1, 0.15) is 6.42 Å². The second-order valence-electron chi connectivity index (χ2n) is 4.32. The molecule has 6 heteroatoms. The van der Waals surface area contributed by atoms with Crippen LogP contribution in [0.5, 0.6) is 0 Å². The van der Waals surface area contributed by atoms with Gasteiger partial charge in [-0.15, -0.1) is 0 Å². The van der Waals surface area contributed by atoms with E-state index >= 15 is 0 Å². The van der Waals surface area contributed by atoms with Crippen LogP contribution in [0.2, 0.25) is 0 Å². The fourth-order valence-corrected chi connectivity index (χ4v) is 1.91. The van der Waals surface area contributed by atoms with Crippen LogP contribution >= 0.6 is 0 Å². The van der Waals surface area contributed by atoms with Crippen molar-refractivity contribution >= 4 is 0 Å². The smallest absolute Gasteiger partial charge is 0.379 e. The van der Waals surface area contributed by atoms with Gasteiger partial charge in [0, 0.05) is 25.0 Å². The standard InChI is InChI=1S/C10H19F3N2O/c1-14-9-7-16-6-8(9)5-15(2)4-3-10(11,12)13/h8-9,14H,3-7H2,1-2H3. The van der Waals surface area contributed by atoms with Crippen molar-refractivity contribution in [3.05, 3.63) is 0 Å². The summed E-state index contributed by atoms with van der Waals surface area (Å²) in [7, 11) is 3.57. The zero-order valence-corrected chi connectivity index (χ0v) is 9.68. The van der Waals surface area contributed by atoms with E-state index in [9.17, 15) is 13.2 Å². The molecule has 3 nitrogen and oxygen atoms in total. The van der Waals surface area contributed by atoms with Gasteiger partial charge in [0.2, 0.25) is 0 Å². The summed E-state index contributed by atoms with van der Waals surface area (Å²) in [6.45, 7) is 1.97. The van der Waals surface area contributed by atoms with Gasteiger partial charge in [0.1, 0.15) is 0 Å². The fraction of sp³-hybridized carbons (Fsp3) is 1.00. The van der Waals surface area contributed by atoms with E-state index < -0.39 is 12.6 Å². The molecule has 1 aliphatic rings. The lowest BCUT2D eigenvalue weighted by molar-refractivity contribution is -0.137. The highest BCUT2D eigenvalue weighted by molar-refractivity contribution is 4.82. The highest BCUT2D eigenvalue weighted by Gasteiger charge is 2.30. The molecule has 16 heavy (non-hydrogen) atoms. The van der Waals surface area contributed by atoms with Crippen LogP contribution in [-0.4, -0.2) is 57.5 Å². The van der Waals surface area contributed by atoms with Gasteiger partial charge in [-0.1, -0.05) is 0 Å². The maximum absolute atomic E-state index is 12.0. The largest absolute Gasteiger partial charge is 0.390 e. The Hall–Kier alpha value is -0.330. The molecule has 1 N–H and O–H groups in total. The maximum atomic E-state index is 12.0. The summed E-state index contributed by atoms with van der Waals surface area (Å²) in [6, 6.07) is 0.258. The van der Waals surface area contributed by atoms with E-state index in [1.165, 1.54) is 0 Å². The number of nitrogens with zero attached hydrogens (tertiary/aromatic N) is 1. The Balaban J connectivity index is 2.25. The third-order valence-electron chi connectivity index (χ3n) is 2.89. The Kier molecular flexibility index (Phi) is 5.01. The SMILES string of the molecule is CNC1COCC1CN(C)CCC(F)(F)F. The van der Waals surface area contributed by atoms with Gasteiger partial charge in [-0.3, -0.25) is 0 Å². The van der Waals surface area contributed by atoms with Gasteiger partial charge in [0.25, 0.3) is 0 Å². The average molecular weight is 240 g/mol. The fourth-order valence-electron chi connectivity index (χ4n) is 1.91. The van der Waals surface area contributed by atoms with Crippen LogP contribution in [0.25, 0.3) is 0 Å². The van der Waals surface area contributed by atoms with E-state index in [1.807, 2.05) is 7.05 Å². The van der Waals surface area contributed by atoms with E-state index in [-0.39, 0.29) is 18.5 Å². The number of nitrogens with one attached hydrogen (secondary N) is 1. The highest BCUT2D eigenvalue weighted by Crippen LogP contribution is 2.20.